The summed E-state index contributed by atoms with van der Waals surface area (Å²) in [6, 6.07) is 0.421. The zero-order valence-electron chi connectivity index (χ0n) is 8.23. The van der Waals surface area contributed by atoms with Gasteiger partial charge >= 0.3 is 12.5 Å². The van der Waals surface area contributed by atoms with E-state index in [0.717, 1.165) is 0 Å². The van der Waals surface area contributed by atoms with Gasteiger partial charge in [-0.15, -0.1) is 24.8 Å². The number of nitrogens with zero attached hydrogens (tertiary/aromatic N) is 1. The van der Waals surface area contributed by atoms with Crippen LogP contribution < -0.4 is 4.74 Å². The molecule has 0 fully saturated rings. The van der Waals surface area contributed by atoms with Gasteiger partial charge in [0.15, 0.2) is 11.4 Å². The van der Waals surface area contributed by atoms with Crippen LogP contribution in [0, 0.1) is 0 Å². The highest BCUT2D eigenvalue weighted by Crippen LogP contribution is 2.38. The average molecular weight is 296 g/mol. The summed E-state index contributed by atoms with van der Waals surface area (Å²) in [4.78, 5) is 2.60. The summed E-state index contributed by atoms with van der Waals surface area (Å²) in [6.45, 7) is 0. The molecule has 0 bridgehead atoms. The maximum Gasteiger partial charge on any atom is 0.574 e. The molecule has 0 saturated carbocycles. The topological polar surface area (TPSA) is 42.4 Å². The van der Waals surface area contributed by atoms with Gasteiger partial charge < -0.3 is 9.84 Å². The molecule has 10 heteroatoms. The Morgan fingerprint density at radius 2 is 1.78 bits per heavy atom. The molecule has 0 saturated heterocycles. The molecule has 1 aromatic heterocycles. The lowest BCUT2D eigenvalue weighted by Crippen LogP contribution is -2.20. The van der Waals surface area contributed by atoms with Crippen LogP contribution in [0.2, 0.25) is 0 Å². The Kier molecular flexibility index (Phi) is 3.84. The third-order valence-corrected chi connectivity index (χ3v) is 1.96. The Morgan fingerprint density at radius 3 is 2.17 bits per heavy atom. The first-order chi connectivity index (χ1) is 8.04. The van der Waals surface area contributed by atoms with Crippen LogP contribution >= 0.6 is 11.6 Å². The zero-order chi connectivity index (χ0) is 14.1. The van der Waals surface area contributed by atoms with Crippen LogP contribution in [0.3, 0.4) is 0 Å². The third kappa shape index (κ3) is 3.56. The lowest BCUT2D eigenvalue weighted by atomic mass is 10.2. The molecule has 0 spiro atoms. The summed E-state index contributed by atoms with van der Waals surface area (Å²) in [5, 5.41) is 9.06. The van der Waals surface area contributed by atoms with Gasteiger partial charge in [0, 0.05) is 11.4 Å². The molecule has 18 heavy (non-hydrogen) atoms. The van der Waals surface area contributed by atoms with Crippen molar-refractivity contribution in [3.8, 4) is 11.6 Å². The van der Waals surface area contributed by atoms with Crippen molar-refractivity contribution in [1.82, 2.24) is 4.98 Å². The first-order valence-electron chi connectivity index (χ1n) is 4.16. The predicted octanol–water partition coefficient (Wildman–Crippen LogP) is 3.44. The Hall–Kier alpha value is -1.38. The average Bonchev–Trinajstić information content (AvgIpc) is 2.16. The van der Waals surface area contributed by atoms with Gasteiger partial charge in [-0.3, -0.25) is 0 Å². The Bertz CT molecular complexity index is 444. The number of hydrogen-bond acceptors (Lipinski definition) is 3. The second kappa shape index (κ2) is 4.71. The van der Waals surface area contributed by atoms with Crippen LogP contribution in [0.1, 0.15) is 11.3 Å². The summed E-state index contributed by atoms with van der Waals surface area (Å²) in [7, 11) is 0. The predicted molar refractivity (Wildman–Crippen MR) is 47.1 cm³/mol. The fraction of sp³-hybridized carbons (Fsp3) is 0.375. The van der Waals surface area contributed by atoms with Crippen LogP contribution in [-0.4, -0.2) is 16.5 Å². The number of halogens is 7. The molecule has 0 unspecified atom stereocenters. The summed E-state index contributed by atoms with van der Waals surface area (Å²) >= 11 is 5.18. The van der Waals surface area contributed by atoms with E-state index in [-0.39, 0.29) is 0 Å². The minimum Gasteiger partial charge on any atom is -0.503 e. The summed E-state index contributed by atoms with van der Waals surface area (Å²) in [6.07, 6.45) is -10.3. The number of aromatic nitrogens is 1. The van der Waals surface area contributed by atoms with Crippen molar-refractivity contribution in [1.29, 1.82) is 0 Å². The first kappa shape index (κ1) is 14.7. The highest BCUT2D eigenvalue weighted by atomic mass is 35.5. The standard InChI is InChI=1S/C8H4ClF6NO2/c9-2-3-1-4(17)6(18-8(13,14)15)16-5(3)7(10,11)12/h1,17H,2H2. The second-order valence-corrected chi connectivity index (χ2v) is 3.27. The van der Waals surface area contributed by atoms with Gasteiger partial charge in [-0.25, -0.2) is 4.98 Å². The summed E-state index contributed by atoms with van der Waals surface area (Å²) < 4.78 is 76.0. The number of aromatic hydroxyl groups is 1. The van der Waals surface area contributed by atoms with E-state index in [2.05, 4.69) is 9.72 Å². The van der Waals surface area contributed by atoms with Gasteiger partial charge in [-0.1, -0.05) is 0 Å². The number of ether oxygens (including phenoxy) is 1. The minimum absolute atomic E-state index is 0.421. The molecule has 1 rings (SSSR count). The highest BCUT2D eigenvalue weighted by molar-refractivity contribution is 6.17. The van der Waals surface area contributed by atoms with Gasteiger partial charge in [-0.05, 0) is 6.07 Å². The zero-order valence-corrected chi connectivity index (χ0v) is 8.99. The largest absolute Gasteiger partial charge is 0.574 e. The summed E-state index contributed by atoms with van der Waals surface area (Å²) in [5.74, 6) is -3.44. The molecule has 0 aliphatic heterocycles. The molecular formula is C8H4ClF6NO2. The van der Waals surface area contributed by atoms with Crippen molar-refractivity contribution in [3.05, 3.63) is 17.3 Å². The van der Waals surface area contributed by atoms with Crippen molar-refractivity contribution in [2.24, 2.45) is 0 Å². The van der Waals surface area contributed by atoms with Crippen LogP contribution in [-0.2, 0) is 12.1 Å². The molecule has 0 aromatic carbocycles. The number of hydrogen-bond donors (Lipinski definition) is 1. The lowest BCUT2D eigenvalue weighted by molar-refractivity contribution is -0.277. The number of alkyl halides is 7. The van der Waals surface area contributed by atoms with Gasteiger partial charge in [-0.2, -0.15) is 13.2 Å². The van der Waals surface area contributed by atoms with Crippen molar-refractivity contribution in [2.75, 3.05) is 0 Å². The van der Waals surface area contributed by atoms with Crippen LogP contribution in [0.4, 0.5) is 26.3 Å². The molecule has 0 aliphatic rings. The maximum atomic E-state index is 12.4. The molecule has 1 aromatic rings. The van der Waals surface area contributed by atoms with Gasteiger partial charge in [0.2, 0.25) is 0 Å². The molecule has 1 heterocycles. The normalized spacial score (nSPS) is 12.6. The lowest BCUT2D eigenvalue weighted by Gasteiger charge is -2.14. The molecular weight excluding hydrogens is 292 g/mol. The molecule has 0 radical (unpaired) electrons. The van der Waals surface area contributed by atoms with Crippen molar-refractivity contribution >= 4 is 11.6 Å². The SMILES string of the molecule is Oc1cc(CCl)c(C(F)(F)F)nc1OC(F)(F)F. The first-order valence-corrected chi connectivity index (χ1v) is 4.70. The second-order valence-electron chi connectivity index (χ2n) is 3.00. The Morgan fingerprint density at radius 1 is 1.22 bits per heavy atom. The Balaban J connectivity index is 3.31. The van der Waals surface area contributed by atoms with E-state index in [4.69, 9.17) is 16.7 Å². The number of rotatable bonds is 2. The van der Waals surface area contributed by atoms with Gasteiger partial charge in [0.05, 0.1) is 0 Å². The van der Waals surface area contributed by atoms with E-state index < -0.39 is 41.3 Å². The molecule has 0 atom stereocenters. The maximum absolute atomic E-state index is 12.4. The monoisotopic (exact) mass is 295 g/mol. The Labute approximate surface area is 101 Å². The van der Waals surface area contributed by atoms with Crippen LogP contribution in [0.5, 0.6) is 11.6 Å². The molecule has 102 valence electrons. The molecule has 0 amide bonds. The quantitative estimate of drug-likeness (QED) is 0.671. The van der Waals surface area contributed by atoms with Gasteiger partial charge in [0.1, 0.15) is 0 Å². The van der Waals surface area contributed by atoms with Crippen LogP contribution in [0.25, 0.3) is 0 Å². The van der Waals surface area contributed by atoms with E-state index in [0.29, 0.717) is 6.07 Å². The smallest absolute Gasteiger partial charge is 0.503 e. The van der Waals surface area contributed by atoms with Gasteiger partial charge in [0.25, 0.3) is 5.88 Å². The minimum atomic E-state index is -5.27. The van der Waals surface area contributed by atoms with E-state index in [1.54, 1.807) is 0 Å². The van der Waals surface area contributed by atoms with Crippen LogP contribution in [0.15, 0.2) is 6.07 Å². The molecule has 0 aliphatic carbocycles. The van der Waals surface area contributed by atoms with E-state index >= 15 is 0 Å². The fourth-order valence-corrected chi connectivity index (χ4v) is 1.26. The van der Waals surface area contributed by atoms with E-state index in [9.17, 15) is 26.3 Å². The van der Waals surface area contributed by atoms with Crippen molar-refractivity contribution in [3.63, 3.8) is 0 Å². The fourth-order valence-electron chi connectivity index (χ4n) is 1.06. The number of pyridine rings is 1. The molecule has 3 nitrogen and oxygen atoms in total. The van der Waals surface area contributed by atoms with Crippen molar-refractivity contribution < 1.29 is 36.2 Å². The molecule has 1 N–H and O–H groups in total. The summed E-state index contributed by atoms with van der Waals surface area (Å²) in [5.41, 5.74) is -2.30. The van der Waals surface area contributed by atoms with E-state index in [1.165, 1.54) is 0 Å². The third-order valence-electron chi connectivity index (χ3n) is 1.67. The van der Waals surface area contributed by atoms with E-state index in [1.807, 2.05) is 0 Å². The highest BCUT2D eigenvalue weighted by Gasteiger charge is 2.39. The van der Waals surface area contributed by atoms with Crippen molar-refractivity contribution in [2.45, 2.75) is 18.4 Å².